The summed E-state index contributed by atoms with van der Waals surface area (Å²) < 4.78 is 0. The summed E-state index contributed by atoms with van der Waals surface area (Å²) in [6.07, 6.45) is 2.14. The Morgan fingerprint density at radius 2 is 1.57 bits per heavy atom. The minimum atomic E-state index is -0.154. The molecule has 1 atom stereocenters. The van der Waals surface area contributed by atoms with Gasteiger partial charge in [-0.3, -0.25) is 14.5 Å². The van der Waals surface area contributed by atoms with Crippen LogP contribution in [0.1, 0.15) is 52.9 Å². The Bertz CT molecular complexity index is 1540. The molecule has 1 heterocycles. The third-order valence-electron chi connectivity index (χ3n) is 8.45. The number of carbonyl (C=O) groups excluding carboxylic acids is 2. The number of benzene rings is 4. The molecule has 1 aliphatic rings. The van der Waals surface area contributed by atoms with Gasteiger partial charge < -0.3 is 16.0 Å². The van der Waals surface area contributed by atoms with E-state index in [-0.39, 0.29) is 48.7 Å². The molecule has 4 aromatic carbocycles. The number of nitrogens with zero attached hydrogens (tertiary/aromatic N) is 2. The van der Waals surface area contributed by atoms with Crippen molar-refractivity contribution in [2.75, 3.05) is 26.2 Å². The fourth-order valence-corrected chi connectivity index (χ4v) is 6.27. The first-order valence-corrected chi connectivity index (χ1v) is 15.8. The number of hydrogen-bond donors (Lipinski definition) is 2. The van der Waals surface area contributed by atoms with E-state index in [0.29, 0.717) is 30.1 Å². The Kier molecular flexibility index (Phi) is 14.6. The van der Waals surface area contributed by atoms with Crippen LogP contribution < -0.4 is 11.1 Å². The number of carbonyl (C=O) groups is 2. The first-order chi connectivity index (χ1) is 21.4. The second-order valence-electron chi connectivity index (χ2n) is 11.5. The molecular weight excluding hydrogens is 639 g/mol. The minimum absolute atomic E-state index is 0. The molecule has 4 aromatic rings. The maximum absolute atomic E-state index is 14.1. The van der Waals surface area contributed by atoms with E-state index in [9.17, 15) is 9.59 Å². The lowest BCUT2D eigenvalue weighted by Gasteiger charge is -2.42. The van der Waals surface area contributed by atoms with E-state index in [2.05, 4.69) is 58.4 Å². The smallest absolute Gasteiger partial charge is 0.251 e. The van der Waals surface area contributed by atoms with E-state index in [0.717, 1.165) is 54.7 Å². The average Bonchev–Trinajstić information content (AvgIpc) is 3.06. The zero-order chi connectivity index (χ0) is 30.9. The van der Waals surface area contributed by atoms with Crippen LogP contribution in [0.3, 0.4) is 0 Å². The Morgan fingerprint density at radius 3 is 2.26 bits per heavy atom. The van der Waals surface area contributed by atoms with E-state index in [1.165, 1.54) is 5.56 Å². The van der Waals surface area contributed by atoms with Gasteiger partial charge in [-0.15, -0.1) is 24.8 Å². The lowest BCUT2D eigenvalue weighted by Crippen LogP contribution is -2.48. The van der Waals surface area contributed by atoms with Crippen LogP contribution in [0, 0.1) is 0 Å². The van der Waals surface area contributed by atoms with Crippen molar-refractivity contribution in [1.29, 1.82) is 0 Å². The van der Waals surface area contributed by atoms with Crippen LogP contribution in [0.4, 0.5) is 0 Å². The monoisotopic (exact) mass is 680 g/mol. The summed E-state index contributed by atoms with van der Waals surface area (Å²) in [6.45, 7) is 5.70. The van der Waals surface area contributed by atoms with E-state index < -0.39 is 0 Å². The lowest BCUT2D eigenvalue weighted by molar-refractivity contribution is -0.136. The number of nitrogens with one attached hydrogen (secondary N) is 1. The Balaban J connectivity index is 0.00000288. The quantitative estimate of drug-likeness (QED) is 0.174. The Morgan fingerprint density at radius 1 is 0.891 bits per heavy atom. The number of rotatable bonds is 11. The highest BCUT2D eigenvalue weighted by atomic mass is 35.5. The van der Waals surface area contributed by atoms with Crippen molar-refractivity contribution >= 4 is 48.2 Å². The molecule has 46 heavy (non-hydrogen) atoms. The van der Waals surface area contributed by atoms with Crippen LogP contribution in [-0.4, -0.2) is 53.8 Å². The molecule has 1 unspecified atom stereocenters. The largest absolute Gasteiger partial charge is 0.351 e. The standard InChI is InChI=1S/C37H41ClN4O2.2ClH/c1-27(30-10-7-11-31(25-30)34-12-5-6-13-35(34)37(44)40-21-20-39)42(36(43)24-28-14-16-32(38)17-15-28)33-18-22-41(23-19-33)26-29-8-3-2-4-9-29;;/h2-17,25,27,33H,18-24,26,39H2,1H3,(H,40,44);2*1H. The summed E-state index contributed by atoms with van der Waals surface area (Å²) in [6, 6.07) is 33.9. The maximum Gasteiger partial charge on any atom is 0.251 e. The Labute approximate surface area is 290 Å². The van der Waals surface area contributed by atoms with E-state index in [4.69, 9.17) is 17.3 Å². The SMILES string of the molecule is CC(c1cccc(-c2ccccc2C(=O)NCCN)c1)N(C(=O)Cc1ccc(Cl)cc1)C1CCN(Cc2ccccc2)CC1.Cl.Cl. The van der Waals surface area contributed by atoms with Crippen LogP contribution in [0.25, 0.3) is 11.1 Å². The molecule has 6 nitrogen and oxygen atoms in total. The van der Waals surface area contributed by atoms with Gasteiger partial charge in [0.05, 0.1) is 12.5 Å². The van der Waals surface area contributed by atoms with Crippen molar-refractivity contribution in [3.63, 3.8) is 0 Å². The van der Waals surface area contributed by atoms with Gasteiger partial charge in [0, 0.05) is 49.4 Å². The molecule has 0 spiro atoms. The van der Waals surface area contributed by atoms with Crippen molar-refractivity contribution in [2.24, 2.45) is 5.73 Å². The van der Waals surface area contributed by atoms with Gasteiger partial charge in [0.25, 0.3) is 5.91 Å². The summed E-state index contributed by atoms with van der Waals surface area (Å²) in [4.78, 5) is 31.6. The molecule has 9 heteroatoms. The molecular formula is C37H43Cl3N4O2. The predicted molar refractivity (Wildman–Crippen MR) is 193 cm³/mol. The summed E-state index contributed by atoms with van der Waals surface area (Å²) >= 11 is 6.12. The van der Waals surface area contributed by atoms with E-state index >= 15 is 0 Å². The van der Waals surface area contributed by atoms with Gasteiger partial charge >= 0.3 is 0 Å². The molecule has 0 bridgehead atoms. The van der Waals surface area contributed by atoms with Crippen molar-refractivity contribution in [3.05, 3.63) is 130 Å². The summed E-state index contributed by atoms with van der Waals surface area (Å²) in [5, 5.41) is 3.55. The number of amides is 2. The van der Waals surface area contributed by atoms with Gasteiger partial charge in [0.15, 0.2) is 0 Å². The van der Waals surface area contributed by atoms with Crippen LogP contribution >= 0.6 is 36.4 Å². The molecule has 244 valence electrons. The molecule has 0 aliphatic carbocycles. The predicted octanol–water partition coefficient (Wildman–Crippen LogP) is 7.34. The average molecular weight is 682 g/mol. The third-order valence-corrected chi connectivity index (χ3v) is 8.71. The van der Waals surface area contributed by atoms with Crippen molar-refractivity contribution in [3.8, 4) is 11.1 Å². The van der Waals surface area contributed by atoms with Gasteiger partial charge in [-0.25, -0.2) is 0 Å². The van der Waals surface area contributed by atoms with Crippen molar-refractivity contribution in [1.82, 2.24) is 15.1 Å². The fraction of sp³-hybridized carbons (Fsp3) is 0.297. The molecule has 1 fully saturated rings. The van der Waals surface area contributed by atoms with E-state index in [1.807, 2.05) is 66.7 Å². The van der Waals surface area contributed by atoms with Gasteiger partial charge in [0.1, 0.15) is 0 Å². The maximum atomic E-state index is 14.1. The van der Waals surface area contributed by atoms with E-state index in [1.54, 1.807) is 0 Å². The van der Waals surface area contributed by atoms with Crippen LogP contribution in [0.5, 0.6) is 0 Å². The van der Waals surface area contributed by atoms with Crippen LogP contribution in [0.15, 0.2) is 103 Å². The van der Waals surface area contributed by atoms with Crippen molar-refractivity contribution in [2.45, 2.75) is 44.8 Å². The minimum Gasteiger partial charge on any atom is -0.351 e. The van der Waals surface area contributed by atoms with Crippen LogP contribution in [0.2, 0.25) is 5.02 Å². The number of halogens is 3. The fourth-order valence-electron chi connectivity index (χ4n) is 6.14. The van der Waals surface area contributed by atoms with Gasteiger partial charge in [-0.1, -0.05) is 90.5 Å². The molecule has 1 saturated heterocycles. The molecule has 1 aliphatic heterocycles. The first-order valence-electron chi connectivity index (χ1n) is 15.4. The topological polar surface area (TPSA) is 78.7 Å². The highest BCUT2D eigenvalue weighted by Gasteiger charge is 2.32. The number of piperidine rings is 1. The summed E-state index contributed by atoms with van der Waals surface area (Å²) in [5.74, 6) is -0.0418. The molecule has 0 saturated carbocycles. The summed E-state index contributed by atoms with van der Waals surface area (Å²) in [7, 11) is 0. The number of likely N-dealkylation sites (tertiary alicyclic amines) is 1. The molecule has 5 rings (SSSR count). The number of nitrogens with two attached hydrogens (primary N) is 1. The Hall–Kier alpha value is -3.39. The highest BCUT2D eigenvalue weighted by molar-refractivity contribution is 6.30. The molecule has 2 amide bonds. The number of hydrogen-bond acceptors (Lipinski definition) is 4. The van der Waals surface area contributed by atoms with Gasteiger partial charge in [-0.2, -0.15) is 0 Å². The molecule has 0 aromatic heterocycles. The summed E-state index contributed by atoms with van der Waals surface area (Å²) in [5.41, 5.74) is 11.3. The lowest BCUT2D eigenvalue weighted by atomic mass is 9.93. The van der Waals surface area contributed by atoms with Gasteiger partial charge in [0.2, 0.25) is 5.91 Å². The van der Waals surface area contributed by atoms with Crippen LogP contribution in [-0.2, 0) is 17.8 Å². The molecule has 3 N–H and O–H groups in total. The highest BCUT2D eigenvalue weighted by Crippen LogP contribution is 2.32. The zero-order valence-electron chi connectivity index (χ0n) is 26.1. The second kappa shape index (κ2) is 18.1. The van der Waals surface area contributed by atoms with Gasteiger partial charge in [-0.05, 0) is 71.8 Å². The first kappa shape index (κ1) is 37.1. The normalized spacial score (nSPS) is 14.0. The molecule has 0 radical (unpaired) electrons. The second-order valence-corrected chi connectivity index (χ2v) is 11.9. The van der Waals surface area contributed by atoms with Crippen molar-refractivity contribution < 1.29 is 9.59 Å². The zero-order valence-corrected chi connectivity index (χ0v) is 28.5. The third kappa shape index (κ3) is 9.57.